The lowest BCUT2D eigenvalue weighted by molar-refractivity contribution is -0.384. The van der Waals surface area contributed by atoms with E-state index in [1.54, 1.807) is 18.2 Å². The standard InChI is InChI=1S/C13H14N4O3/c1-8-6-14-7-10(8)13-15-12(16-20-13)9-4-2-3-5-11(9)17(18)19/h2-5,8,10,14H,6-7H2,1H3. The Morgan fingerprint density at radius 2 is 2.20 bits per heavy atom. The van der Waals surface area contributed by atoms with Crippen molar-refractivity contribution < 1.29 is 9.45 Å². The zero-order chi connectivity index (χ0) is 14.1. The quantitative estimate of drug-likeness (QED) is 0.679. The molecule has 2 aromatic rings. The van der Waals surface area contributed by atoms with Crippen LogP contribution in [-0.4, -0.2) is 28.2 Å². The van der Waals surface area contributed by atoms with E-state index in [1.807, 2.05) is 0 Å². The molecule has 1 fully saturated rings. The maximum Gasteiger partial charge on any atom is 0.280 e. The molecule has 3 rings (SSSR count). The van der Waals surface area contributed by atoms with Crippen LogP contribution in [0.5, 0.6) is 0 Å². The van der Waals surface area contributed by atoms with Crippen LogP contribution in [0.3, 0.4) is 0 Å². The second kappa shape index (κ2) is 5.01. The first-order valence-electron chi connectivity index (χ1n) is 6.45. The first-order valence-corrected chi connectivity index (χ1v) is 6.45. The van der Waals surface area contributed by atoms with Crippen LogP contribution in [0.4, 0.5) is 5.69 Å². The average Bonchev–Trinajstić information content (AvgIpc) is 3.07. The van der Waals surface area contributed by atoms with E-state index in [0.717, 1.165) is 13.1 Å². The Morgan fingerprint density at radius 1 is 1.40 bits per heavy atom. The van der Waals surface area contributed by atoms with Gasteiger partial charge in [-0.2, -0.15) is 4.98 Å². The molecule has 1 N–H and O–H groups in total. The number of nitro benzene ring substituents is 1. The zero-order valence-electron chi connectivity index (χ0n) is 10.9. The summed E-state index contributed by atoms with van der Waals surface area (Å²) in [4.78, 5) is 14.9. The van der Waals surface area contributed by atoms with Crippen molar-refractivity contribution in [3.63, 3.8) is 0 Å². The molecule has 104 valence electrons. The van der Waals surface area contributed by atoms with Gasteiger partial charge in [-0.05, 0) is 18.5 Å². The Bertz CT molecular complexity index is 640. The SMILES string of the molecule is CC1CNCC1c1nc(-c2ccccc2[N+](=O)[O-])no1. The molecule has 0 bridgehead atoms. The van der Waals surface area contributed by atoms with Crippen LogP contribution in [-0.2, 0) is 0 Å². The monoisotopic (exact) mass is 274 g/mol. The minimum absolute atomic E-state index is 0.0163. The molecule has 2 heterocycles. The number of nitrogens with one attached hydrogen (secondary N) is 1. The first-order chi connectivity index (χ1) is 9.66. The Morgan fingerprint density at radius 3 is 2.90 bits per heavy atom. The molecule has 0 saturated carbocycles. The van der Waals surface area contributed by atoms with Crippen LogP contribution in [0.1, 0.15) is 18.7 Å². The average molecular weight is 274 g/mol. The van der Waals surface area contributed by atoms with Crippen LogP contribution < -0.4 is 5.32 Å². The third-order valence-electron chi connectivity index (χ3n) is 3.62. The van der Waals surface area contributed by atoms with E-state index in [1.165, 1.54) is 6.07 Å². The lowest BCUT2D eigenvalue weighted by Gasteiger charge is -2.07. The van der Waals surface area contributed by atoms with E-state index < -0.39 is 4.92 Å². The van der Waals surface area contributed by atoms with Crippen molar-refractivity contribution in [2.24, 2.45) is 5.92 Å². The molecular weight excluding hydrogens is 260 g/mol. The summed E-state index contributed by atoms with van der Waals surface area (Å²) in [5.41, 5.74) is 0.364. The molecule has 2 unspecified atom stereocenters. The van der Waals surface area contributed by atoms with E-state index in [0.29, 0.717) is 17.4 Å². The van der Waals surface area contributed by atoms with Crippen molar-refractivity contribution in [3.8, 4) is 11.4 Å². The molecule has 2 atom stereocenters. The van der Waals surface area contributed by atoms with Crippen LogP contribution in [0, 0.1) is 16.0 Å². The molecule has 7 nitrogen and oxygen atoms in total. The number of hydrogen-bond donors (Lipinski definition) is 1. The molecular formula is C13H14N4O3. The summed E-state index contributed by atoms with van der Waals surface area (Å²) in [6.45, 7) is 3.81. The summed E-state index contributed by atoms with van der Waals surface area (Å²) >= 11 is 0. The third-order valence-corrected chi connectivity index (χ3v) is 3.62. The van der Waals surface area contributed by atoms with Gasteiger partial charge in [-0.1, -0.05) is 24.2 Å². The Hall–Kier alpha value is -2.28. The zero-order valence-corrected chi connectivity index (χ0v) is 10.9. The summed E-state index contributed by atoms with van der Waals surface area (Å²) in [6, 6.07) is 6.40. The summed E-state index contributed by atoms with van der Waals surface area (Å²) in [7, 11) is 0. The van der Waals surface area contributed by atoms with Crippen molar-refractivity contribution in [2.75, 3.05) is 13.1 Å². The van der Waals surface area contributed by atoms with Crippen molar-refractivity contribution in [2.45, 2.75) is 12.8 Å². The highest BCUT2D eigenvalue weighted by atomic mass is 16.6. The smallest absolute Gasteiger partial charge is 0.280 e. The highest BCUT2D eigenvalue weighted by Crippen LogP contribution is 2.31. The number of nitro groups is 1. The summed E-state index contributed by atoms with van der Waals surface area (Å²) < 4.78 is 5.28. The van der Waals surface area contributed by atoms with E-state index in [4.69, 9.17) is 4.52 Å². The lowest BCUT2D eigenvalue weighted by Crippen LogP contribution is -2.08. The molecule has 20 heavy (non-hydrogen) atoms. The number of aromatic nitrogens is 2. The fourth-order valence-electron chi connectivity index (χ4n) is 2.46. The Kier molecular flexibility index (Phi) is 3.19. The number of para-hydroxylation sites is 1. The van der Waals surface area contributed by atoms with Crippen LogP contribution in [0.2, 0.25) is 0 Å². The van der Waals surface area contributed by atoms with Crippen LogP contribution >= 0.6 is 0 Å². The Labute approximate surface area is 115 Å². The van der Waals surface area contributed by atoms with Gasteiger partial charge in [-0.15, -0.1) is 0 Å². The predicted octanol–water partition coefficient (Wildman–Crippen LogP) is 1.97. The molecule has 1 aliphatic rings. The first kappa shape index (κ1) is 12.7. The van der Waals surface area contributed by atoms with Gasteiger partial charge in [0.2, 0.25) is 11.7 Å². The van der Waals surface area contributed by atoms with Crippen molar-refractivity contribution in [1.29, 1.82) is 0 Å². The topological polar surface area (TPSA) is 94.1 Å². The van der Waals surface area contributed by atoms with Gasteiger partial charge in [0.25, 0.3) is 5.69 Å². The second-order valence-corrected chi connectivity index (χ2v) is 4.97. The highest BCUT2D eigenvalue weighted by molar-refractivity contribution is 5.67. The molecule has 1 aromatic heterocycles. The number of hydrogen-bond acceptors (Lipinski definition) is 6. The molecule has 7 heteroatoms. The van der Waals surface area contributed by atoms with Gasteiger partial charge in [-0.25, -0.2) is 0 Å². The molecule has 0 amide bonds. The lowest BCUT2D eigenvalue weighted by atomic mass is 9.98. The highest BCUT2D eigenvalue weighted by Gasteiger charge is 2.30. The van der Waals surface area contributed by atoms with Gasteiger partial charge >= 0.3 is 0 Å². The predicted molar refractivity (Wildman–Crippen MR) is 71.2 cm³/mol. The number of benzene rings is 1. The summed E-state index contributed by atoms with van der Waals surface area (Å²) in [5, 5.41) is 18.2. The van der Waals surface area contributed by atoms with E-state index in [9.17, 15) is 10.1 Å². The maximum absolute atomic E-state index is 11.0. The van der Waals surface area contributed by atoms with Crippen molar-refractivity contribution in [1.82, 2.24) is 15.5 Å². The van der Waals surface area contributed by atoms with E-state index >= 15 is 0 Å². The van der Waals surface area contributed by atoms with Gasteiger partial charge in [0, 0.05) is 12.6 Å². The van der Waals surface area contributed by atoms with Gasteiger partial charge in [-0.3, -0.25) is 10.1 Å². The fourth-order valence-corrected chi connectivity index (χ4v) is 2.46. The Balaban J connectivity index is 1.96. The third kappa shape index (κ3) is 2.16. The molecule has 0 aliphatic carbocycles. The van der Waals surface area contributed by atoms with Crippen LogP contribution in [0.15, 0.2) is 28.8 Å². The van der Waals surface area contributed by atoms with Crippen molar-refractivity contribution in [3.05, 3.63) is 40.3 Å². The summed E-state index contributed by atoms with van der Waals surface area (Å²) in [5.74, 6) is 1.38. The molecule has 0 radical (unpaired) electrons. The van der Waals surface area contributed by atoms with Gasteiger partial charge in [0.1, 0.15) is 5.56 Å². The van der Waals surface area contributed by atoms with Gasteiger partial charge < -0.3 is 9.84 Å². The summed E-state index contributed by atoms with van der Waals surface area (Å²) in [6.07, 6.45) is 0. The van der Waals surface area contributed by atoms with Crippen LogP contribution in [0.25, 0.3) is 11.4 Å². The molecule has 1 saturated heterocycles. The normalized spacial score (nSPS) is 22.1. The largest absolute Gasteiger partial charge is 0.339 e. The van der Waals surface area contributed by atoms with Crippen molar-refractivity contribution >= 4 is 5.69 Å². The minimum Gasteiger partial charge on any atom is -0.339 e. The van der Waals surface area contributed by atoms with E-state index in [-0.39, 0.29) is 17.4 Å². The fraction of sp³-hybridized carbons (Fsp3) is 0.385. The second-order valence-electron chi connectivity index (χ2n) is 4.97. The number of rotatable bonds is 3. The number of nitrogens with zero attached hydrogens (tertiary/aromatic N) is 3. The molecule has 1 aliphatic heterocycles. The maximum atomic E-state index is 11.0. The van der Waals surface area contributed by atoms with E-state index in [2.05, 4.69) is 22.4 Å². The molecule has 0 spiro atoms. The minimum atomic E-state index is -0.439. The van der Waals surface area contributed by atoms with Gasteiger partial charge in [0.05, 0.1) is 10.8 Å². The van der Waals surface area contributed by atoms with Gasteiger partial charge in [0.15, 0.2) is 0 Å². The molecule has 1 aromatic carbocycles.